The van der Waals surface area contributed by atoms with Gasteiger partial charge < -0.3 is 19.9 Å². The average molecular weight is 284 g/mol. The molecular weight excluding hydrogens is 264 g/mol. The summed E-state index contributed by atoms with van der Waals surface area (Å²) in [7, 11) is 1.59. The first-order valence-corrected chi connectivity index (χ1v) is 6.30. The first-order valence-electron chi connectivity index (χ1n) is 6.30. The van der Waals surface area contributed by atoms with Crippen LogP contribution in [0, 0.1) is 17.0 Å². The van der Waals surface area contributed by atoms with Gasteiger partial charge in [-0.3, -0.25) is 10.1 Å². The molecule has 0 aliphatic carbocycles. The molecule has 1 rings (SSSR count). The molecular formula is C13H20N2O5. The van der Waals surface area contributed by atoms with Crippen LogP contribution in [0.5, 0.6) is 5.75 Å². The summed E-state index contributed by atoms with van der Waals surface area (Å²) in [6, 6.07) is 4.71. The fraction of sp³-hybridized carbons (Fsp3) is 0.538. The molecule has 1 aromatic rings. The zero-order valence-electron chi connectivity index (χ0n) is 11.7. The summed E-state index contributed by atoms with van der Waals surface area (Å²) in [6.07, 6.45) is -0.743. The van der Waals surface area contributed by atoms with Gasteiger partial charge in [0.05, 0.1) is 11.5 Å². The van der Waals surface area contributed by atoms with Crippen molar-refractivity contribution in [3.63, 3.8) is 0 Å². The number of benzene rings is 1. The van der Waals surface area contributed by atoms with Crippen molar-refractivity contribution >= 4 is 5.69 Å². The van der Waals surface area contributed by atoms with Crippen LogP contribution in [0.4, 0.5) is 5.69 Å². The van der Waals surface area contributed by atoms with Crippen molar-refractivity contribution in [1.82, 2.24) is 5.32 Å². The molecule has 0 aliphatic rings. The van der Waals surface area contributed by atoms with E-state index in [0.29, 0.717) is 19.7 Å². The molecule has 0 bridgehead atoms. The minimum Gasteiger partial charge on any atom is -0.484 e. The standard InChI is InChI=1S/C13H20N2O5/c1-10-3-4-13(12(7-10)15(17)18)20-9-11(16)8-14-5-6-19-2/h3-4,7,11,14,16H,5-6,8-9H2,1-2H3. The molecule has 0 aromatic heterocycles. The molecule has 0 heterocycles. The number of methoxy groups -OCH3 is 1. The monoisotopic (exact) mass is 284 g/mol. The van der Waals surface area contributed by atoms with Crippen LogP contribution >= 0.6 is 0 Å². The van der Waals surface area contributed by atoms with Gasteiger partial charge in [-0.2, -0.15) is 0 Å². The van der Waals surface area contributed by atoms with Crippen LogP contribution in [-0.2, 0) is 4.74 Å². The third kappa shape index (κ3) is 5.52. The molecule has 0 radical (unpaired) electrons. The number of ether oxygens (including phenoxy) is 2. The Morgan fingerprint density at radius 3 is 2.90 bits per heavy atom. The number of aryl methyl sites for hydroxylation is 1. The first-order chi connectivity index (χ1) is 9.54. The lowest BCUT2D eigenvalue weighted by atomic mass is 10.2. The molecule has 1 aromatic carbocycles. The van der Waals surface area contributed by atoms with E-state index in [1.807, 2.05) is 0 Å². The van der Waals surface area contributed by atoms with Crippen LogP contribution in [0.25, 0.3) is 0 Å². The highest BCUT2D eigenvalue weighted by atomic mass is 16.6. The van der Waals surface area contributed by atoms with Crippen molar-refractivity contribution in [1.29, 1.82) is 0 Å². The van der Waals surface area contributed by atoms with E-state index in [0.717, 1.165) is 5.56 Å². The summed E-state index contributed by atoms with van der Waals surface area (Å²) in [6.45, 7) is 3.27. The Labute approximate surface area is 117 Å². The molecule has 112 valence electrons. The van der Waals surface area contributed by atoms with Crippen LogP contribution in [0.15, 0.2) is 18.2 Å². The van der Waals surface area contributed by atoms with Crippen molar-refractivity contribution in [3.05, 3.63) is 33.9 Å². The maximum Gasteiger partial charge on any atom is 0.311 e. The van der Waals surface area contributed by atoms with Gasteiger partial charge in [0.1, 0.15) is 12.7 Å². The zero-order chi connectivity index (χ0) is 15.0. The van der Waals surface area contributed by atoms with Gasteiger partial charge in [0.15, 0.2) is 5.75 Å². The topological polar surface area (TPSA) is 93.9 Å². The Morgan fingerprint density at radius 1 is 1.50 bits per heavy atom. The molecule has 7 heteroatoms. The third-order valence-electron chi connectivity index (χ3n) is 2.61. The molecule has 0 amide bonds. The van der Waals surface area contributed by atoms with Gasteiger partial charge in [-0.25, -0.2) is 0 Å². The number of nitro benzene ring substituents is 1. The Kier molecular flexibility index (Phi) is 6.92. The van der Waals surface area contributed by atoms with E-state index in [1.165, 1.54) is 6.07 Å². The Balaban J connectivity index is 2.46. The maximum atomic E-state index is 10.9. The summed E-state index contributed by atoms with van der Waals surface area (Å²) >= 11 is 0. The summed E-state index contributed by atoms with van der Waals surface area (Å²) < 4.78 is 10.2. The second-order valence-electron chi connectivity index (χ2n) is 4.39. The highest BCUT2D eigenvalue weighted by molar-refractivity contribution is 5.48. The van der Waals surface area contributed by atoms with Gasteiger partial charge >= 0.3 is 5.69 Å². The number of nitrogens with one attached hydrogen (secondary N) is 1. The smallest absolute Gasteiger partial charge is 0.311 e. The molecule has 1 atom stereocenters. The maximum absolute atomic E-state index is 10.9. The molecule has 0 aliphatic heterocycles. The van der Waals surface area contributed by atoms with Crippen LogP contribution in [0.1, 0.15) is 5.56 Å². The fourth-order valence-electron chi connectivity index (χ4n) is 1.58. The van der Waals surface area contributed by atoms with Crippen LogP contribution in [-0.4, -0.2) is 49.5 Å². The SMILES string of the molecule is COCCNCC(O)COc1ccc(C)cc1[N+](=O)[O-]. The summed E-state index contributed by atoms with van der Waals surface area (Å²) in [4.78, 5) is 10.4. The molecule has 0 fully saturated rings. The van der Waals surface area contributed by atoms with Gasteiger partial charge in [-0.1, -0.05) is 6.07 Å². The fourth-order valence-corrected chi connectivity index (χ4v) is 1.58. The van der Waals surface area contributed by atoms with Crippen molar-refractivity contribution < 1.29 is 19.5 Å². The van der Waals surface area contributed by atoms with Gasteiger partial charge in [-0.05, 0) is 18.6 Å². The van der Waals surface area contributed by atoms with Crippen molar-refractivity contribution in [2.75, 3.05) is 33.4 Å². The number of hydrogen-bond donors (Lipinski definition) is 2. The van der Waals surface area contributed by atoms with Gasteiger partial charge in [-0.15, -0.1) is 0 Å². The third-order valence-corrected chi connectivity index (χ3v) is 2.61. The Morgan fingerprint density at radius 2 is 2.25 bits per heavy atom. The summed E-state index contributed by atoms with van der Waals surface area (Å²) in [5.41, 5.74) is 0.690. The van der Waals surface area contributed by atoms with Crippen molar-refractivity contribution in [2.24, 2.45) is 0 Å². The zero-order valence-corrected chi connectivity index (χ0v) is 11.7. The average Bonchev–Trinajstić information content (AvgIpc) is 2.42. The molecule has 0 spiro atoms. The predicted molar refractivity (Wildman–Crippen MR) is 74.1 cm³/mol. The molecule has 1 unspecified atom stereocenters. The van der Waals surface area contributed by atoms with Gasteiger partial charge in [0, 0.05) is 26.3 Å². The highest BCUT2D eigenvalue weighted by Crippen LogP contribution is 2.27. The quantitative estimate of drug-likeness (QED) is 0.397. The lowest BCUT2D eigenvalue weighted by molar-refractivity contribution is -0.386. The number of nitro groups is 1. The van der Waals surface area contributed by atoms with E-state index < -0.39 is 11.0 Å². The molecule has 0 saturated heterocycles. The minimum absolute atomic E-state index is 0.0100. The summed E-state index contributed by atoms with van der Waals surface area (Å²) in [5, 5.41) is 23.6. The van der Waals surface area contributed by atoms with E-state index in [4.69, 9.17) is 9.47 Å². The van der Waals surface area contributed by atoms with E-state index in [2.05, 4.69) is 5.32 Å². The Hall–Kier alpha value is -1.70. The number of rotatable bonds is 9. The number of hydrogen-bond acceptors (Lipinski definition) is 6. The van der Waals surface area contributed by atoms with Crippen LogP contribution < -0.4 is 10.1 Å². The Bertz CT molecular complexity index is 439. The van der Waals surface area contributed by atoms with Crippen LogP contribution in [0.3, 0.4) is 0 Å². The number of aliphatic hydroxyl groups is 1. The second-order valence-corrected chi connectivity index (χ2v) is 4.39. The molecule has 0 saturated carbocycles. The number of aliphatic hydroxyl groups excluding tert-OH is 1. The normalized spacial score (nSPS) is 12.2. The van der Waals surface area contributed by atoms with Crippen molar-refractivity contribution in [3.8, 4) is 5.75 Å². The number of nitrogens with zero attached hydrogens (tertiary/aromatic N) is 1. The molecule has 7 nitrogen and oxygen atoms in total. The molecule has 20 heavy (non-hydrogen) atoms. The highest BCUT2D eigenvalue weighted by Gasteiger charge is 2.16. The van der Waals surface area contributed by atoms with E-state index in [1.54, 1.807) is 26.2 Å². The summed E-state index contributed by atoms with van der Waals surface area (Å²) in [5.74, 6) is 0.163. The largest absolute Gasteiger partial charge is 0.484 e. The van der Waals surface area contributed by atoms with Gasteiger partial charge in [0.25, 0.3) is 0 Å². The van der Waals surface area contributed by atoms with Crippen LogP contribution in [0.2, 0.25) is 0 Å². The lowest BCUT2D eigenvalue weighted by Crippen LogP contribution is -2.33. The lowest BCUT2D eigenvalue weighted by Gasteiger charge is -2.13. The molecule has 2 N–H and O–H groups in total. The van der Waals surface area contributed by atoms with E-state index in [-0.39, 0.29) is 18.0 Å². The van der Waals surface area contributed by atoms with Crippen molar-refractivity contribution in [2.45, 2.75) is 13.0 Å². The van der Waals surface area contributed by atoms with Gasteiger partial charge in [0.2, 0.25) is 0 Å². The predicted octanol–water partition coefficient (Wildman–Crippen LogP) is 0.879. The van der Waals surface area contributed by atoms with E-state index in [9.17, 15) is 15.2 Å². The minimum atomic E-state index is -0.743. The van der Waals surface area contributed by atoms with E-state index >= 15 is 0 Å². The first kappa shape index (κ1) is 16.4. The second kappa shape index (κ2) is 8.47.